The summed E-state index contributed by atoms with van der Waals surface area (Å²) in [5.74, 6) is -1.89. The molecule has 6 heteroatoms. The monoisotopic (exact) mass is 526 g/mol. The van der Waals surface area contributed by atoms with E-state index in [0.717, 1.165) is 38.5 Å². The van der Waals surface area contributed by atoms with E-state index in [-0.39, 0.29) is 6.42 Å². The van der Waals surface area contributed by atoms with Crippen LogP contribution >= 0.6 is 0 Å². The summed E-state index contributed by atoms with van der Waals surface area (Å²) in [6.45, 7) is 0. The molecule has 196 valence electrons. The number of carboxylic acids is 2. The third-order valence-corrected chi connectivity index (χ3v) is 7.42. The number of benzene rings is 4. The molecule has 40 heavy (non-hydrogen) atoms. The van der Waals surface area contributed by atoms with Crippen LogP contribution in [0.4, 0.5) is 5.69 Å². The molecule has 1 aromatic heterocycles. The van der Waals surface area contributed by atoms with Gasteiger partial charge in [0, 0.05) is 34.6 Å². The highest BCUT2D eigenvalue weighted by Crippen LogP contribution is 2.40. The van der Waals surface area contributed by atoms with Crippen molar-refractivity contribution in [2.45, 2.75) is 18.4 Å². The summed E-state index contributed by atoms with van der Waals surface area (Å²) in [7, 11) is 0. The fraction of sp³-hybridized carbons (Fsp3) is 0.0882. The zero-order chi connectivity index (χ0) is 27.7. The van der Waals surface area contributed by atoms with Gasteiger partial charge in [-0.15, -0.1) is 0 Å². The minimum Gasteiger partial charge on any atom is -0.481 e. The number of rotatable bonds is 7. The second-order valence-corrected chi connectivity index (χ2v) is 9.81. The molecule has 1 aliphatic rings. The van der Waals surface area contributed by atoms with Gasteiger partial charge < -0.3 is 15.1 Å². The Morgan fingerprint density at radius 2 is 1.50 bits per heavy atom. The van der Waals surface area contributed by atoms with Crippen molar-refractivity contribution in [1.82, 2.24) is 4.98 Å². The number of hydrogen-bond donors (Lipinski definition) is 2. The zero-order valence-electron chi connectivity index (χ0n) is 21.6. The normalized spacial score (nSPS) is 16.4. The summed E-state index contributed by atoms with van der Waals surface area (Å²) < 4.78 is 0. The van der Waals surface area contributed by atoms with Gasteiger partial charge in [0.25, 0.3) is 0 Å². The summed E-state index contributed by atoms with van der Waals surface area (Å²) in [6, 6.07) is 31.2. The van der Waals surface area contributed by atoms with Crippen LogP contribution in [-0.2, 0) is 21.5 Å². The number of anilines is 1. The van der Waals surface area contributed by atoms with E-state index in [2.05, 4.69) is 12.1 Å². The number of aryl methyl sites for hydroxylation is 1. The van der Waals surface area contributed by atoms with Gasteiger partial charge in [0.1, 0.15) is 0 Å². The number of nitrogens with zero attached hydrogens (tertiary/aromatic N) is 2. The van der Waals surface area contributed by atoms with E-state index >= 15 is 0 Å². The van der Waals surface area contributed by atoms with Crippen molar-refractivity contribution >= 4 is 39.3 Å². The van der Waals surface area contributed by atoms with E-state index in [4.69, 9.17) is 10.1 Å². The summed E-state index contributed by atoms with van der Waals surface area (Å²) in [5.41, 5.74) is 3.39. The summed E-state index contributed by atoms with van der Waals surface area (Å²) in [5, 5.41) is 22.7. The molecule has 0 spiro atoms. The second kappa shape index (κ2) is 10.2. The molecule has 1 aliphatic heterocycles. The summed E-state index contributed by atoms with van der Waals surface area (Å²) in [4.78, 5) is 30.8. The van der Waals surface area contributed by atoms with Crippen LogP contribution in [-0.4, -0.2) is 27.1 Å². The molecule has 0 radical (unpaired) electrons. The van der Waals surface area contributed by atoms with E-state index in [1.807, 2.05) is 66.7 Å². The SMILES string of the molecule is O=C(O)CCc1ccc(C2(C(=O)O)C=CC=CN2c2ccc3nc(-c4ccccc4)c4ccccc4c3c2)cc1. The Balaban J connectivity index is 1.48. The Hall–Kier alpha value is -5.23. The number of carboxylic acid groups (broad SMARTS) is 2. The van der Waals surface area contributed by atoms with Gasteiger partial charge in [0.05, 0.1) is 11.2 Å². The van der Waals surface area contributed by atoms with Gasteiger partial charge in [-0.3, -0.25) is 4.79 Å². The Bertz CT molecular complexity index is 1810. The maximum Gasteiger partial charge on any atom is 0.338 e. The molecule has 0 saturated carbocycles. The first-order valence-electron chi connectivity index (χ1n) is 13.1. The Morgan fingerprint density at radius 1 is 0.775 bits per heavy atom. The van der Waals surface area contributed by atoms with Crippen molar-refractivity contribution < 1.29 is 19.8 Å². The Morgan fingerprint density at radius 3 is 2.23 bits per heavy atom. The molecule has 0 bridgehead atoms. The Kier molecular flexibility index (Phi) is 6.36. The molecule has 6 nitrogen and oxygen atoms in total. The minimum atomic E-state index is -1.49. The zero-order valence-corrected chi connectivity index (χ0v) is 21.6. The van der Waals surface area contributed by atoms with Crippen molar-refractivity contribution in [1.29, 1.82) is 0 Å². The van der Waals surface area contributed by atoms with E-state index in [1.165, 1.54) is 0 Å². The molecule has 4 aromatic carbocycles. The number of allylic oxidation sites excluding steroid dienone is 2. The van der Waals surface area contributed by atoms with Crippen LogP contribution in [0.5, 0.6) is 0 Å². The number of pyridine rings is 1. The lowest BCUT2D eigenvalue weighted by Gasteiger charge is -2.40. The molecule has 0 amide bonds. The topological polar surface area (TPSA) is 90.7 Å². The van der Waals surface area contributed by atoms with E-state index < -0.39 is 17.5 Å². The molecule has 2 heterocycles. The highest BCUT2D eigenvalue weighted by molar-refractivity contribution is 6.11. The third-order valence-electron chi connectivity index (χ3n) is 7.42. The number of aliphatic carboxylic acids is 2. The number of hydrogen-bond acceptors (Lipinski definition) is 4. The minimum absolute atomic E-state index is 0.0171. The van der Waals surface area contributed by atoms with Gasteiger partial charge in [0.15, 0.2) is 5.54 Å². The van der Waals surface area contributed by atoms with Gasteiger partial charge in [-0.05, 0) is 53.3 Å². The fourth-order valence-electron chi connectivity index (χ4n) is 5.44. The predicted molar refractivity (Wildman–Crippen MR) is 157 cm³/mol. The van der Waals surface area contributed by atoms with E-state index in [0.29, 0.717) is 17.7 Å². The molecule has 0 aliphatic carbocycles. The quantitative estimate of drug-likeness (QED) is 0.223. The maximum absolute atomic E-state index is 13.0. The highest BCUT2D eigenvalue weighted by atomic mass is 16.4. The number of fused-ring (bicyclic) bond motifs is 3. The van der Waals surface area contributed by atoms with Crippen LogP contribution in [0.1, 0.15) is 17.5 Å². The van der Waals surface area contributed by atoms with E-state index in [1.54, 1.807) is 47.5 Å². The van der Waals surface area contributed by atoms with Crippen LogP contribution in [0, 0.1) is 0 Å². The van der Waals surface area contributed by atoms with Crippen LogP contribution in [0.3, 0.4) is 0 Å². The Labute approximate surface area is 231 Å². The molecule has 5 aromatic rings. The van der Waals surface area contributed by atoms with Gasteiger partial charge in [-0.1, -0.05) is 84.9 Å². The lowest BCUT2D eigenvalue weighted by molar-refractivity contribution is -0.141. The van der Waals surface area contributed by atoms with Crippen LogP contribution in [0.25, 0.3) is 32.9 Å². The number of carbonyl (C=O) groups is 2. The standard InChI is InChI=1S/C34H26N2O4/c37-31(38)19-14-23-12-15-25(16-13-23)34(33(39)40)20-6-7-21-36(34)26-17-18-30-29(22-26)27-10-4-5-11-28(27)32(35-30)24-8-2-1-3-9-24/h1-13,15-18,20-22H,14,19H2,(H,37,38)(H,39,40). The summed E-state index contributed by atoms with van der Waals surface area (Å²) >= 11 is 0. The van der Waals surface area contributed by atoms with Gasteiger partial charge in [-0.2, -0.15) is 0 Å². The van der Waals surface area contributed by atoms with Gasteiger partial charge >= 0.3 is 11.9 Å². The molecule has 0 fully saturated rings. The van der Waals surface area contributed by atoms with Gasteiger partial charge in [0.2, 0.25) is 0 Å². The van der Waals surface area contributed by atoms with Crippen molar-refractivity contribution in [3.05, 3.63) is 133 Å². The van der Waals surface area contributed by atoms with Crippen molar-refractivity contribution in [3.8, 4) is 11.3 Å². The first kappa shape index (κ1) is 25.1. The molecular weight excluding hydrogens is 500 g/mol. The van der Waals surface area contributed by atoms with Crippen LogP contribution < -0.4 is 4.90 Å². The molecule has 0 saturated heterocycles. The maximum atomic E-state index is 13.0. The molecule has 1 unspecified atom stereocenters. The first-order valence-corrected chi connectivity index (χ1v) is 13.1. The molecule has 1 atom stereocenters. The second-order valence-electron chi connectivity index (χ2n) is 9.81. The van der Waals surface area contributed by atoms with Crippen LogP contribution in [0.2, 0.25) is 0 Å². The predicted octanol–water partition coefficient (Wildman–Crippen LogP) is 6.94. The first-order chi connectivity index (χ1) is 19.5. The third kappa shape index (κ3) is 4.29. The largest absolute Gasteiger partial charge is 0.481 e. The van der Waals surface area contributed by atoms with Crippen molar-refractivity contribution in [2.75, 3.05) is 4.90 Å². The molecule has 2 N–H and O–H groups in total. The summed E-state index contributed by atoms with van der Waals surface area (Å²) in [6.07, 6.45) is 7.42. The van der Waals surface area contributed by atoms with Crippen molar-refractivity contribution in [3.63, 3.8) is 0 Å². The average molecular weight is 527 g/mol. The highest BCUT2D eigenvalue weighted by Gasteiger charge is 2.44. The molecule has 6 rings (SSSR count). The van der Waals surface area contributed by atoms with Crippen LogP contribution in [0.15, 0.2) is 121 Å². The number of aromatic nitrogens is 1. The lowest BCUT2D eigenvalue weighted by atomic mass is 9.85. The lowest BCUT2D eigenvalue weighted by Crippen LogP contribution is -2.49. The average Bonchev–Trinajstić information content (AvgIpc) is 3.00. The van der Waals surface area contributed by atoms with Crippen molar-refractivity contribution in [2.24, 2.45) is 0 Å². The smallest absolute Gasteiger partial charge is 0.338 e. The fourth-order valence-corrected chi connectivity index (χ4v) is 5.44. The van der Waals surface area contributed by atoms with E-state index in [9.17, 15) is 14.7 Å². The van der Waals surface area contributed by atoms with Gasteiger partial charge in [-0.25, -0.2) is 9.78 Å². The molecular formula is C34H26N2O4.